The second-order valence-electron chi connectivity index (χ2n) is 7.45. The number of benzene rings is 2. The number of nitro groups is 1. The van der Waals surface area contributed by atoms with E-state index in [1.165, 1.54) is 14.2 Å². The number of halogens is 2. The van der Waals surface area contributed by atoms with Crippen molar-refractivity contribution in [1.82, 2.24) is 0 Å². The molecule has 0 saturated heterocycles. The van der Waals surface area contributed by atoms with Gasteiger partial charge < -0.3 is 18.9 Å². The third kappa shape index (κ3) is 4.41. The van der Waals surface area contributed by atoms with Gasteiger partial charge in [0.05, 0.1) is 17.4 Å². The van der Waals surface area contributed by atoms with Crippen molar-refractivity contribution in [3.05, 3.63) is 68.0 Å². The van der Waals surface area contributed by atoms with Gasteiger partial charge >= 0.3 is 11.7 Å². The highest BCUT2D eigenvalue weighted by Crippen LogP contribution is 2.43. The summed E-state index contributed by atoms with van der Waals surface area (Å²) in [5.74, 6) is -2.32. The molecule has 32 heavy (non-hydrogen) atoms. The van der Waals surface area contributed by atoms with E-state index in [9.17, 15) is 19.3 Å². The van der Waals surface area contributed by atoms with Gasteiger partial charge in [0.15, 0.2) is 12.0 Å². The van der Waals surface area contributed by atoms with Gasteiger partial charge in [-0.25, -0.2) is 9.18 Å². The van der Waals surface area contributed by atoms with E-state index in [2.05, 4.69) is 4.74 Å². The Bertz CT molecular complexity index is 1030. The van der Waals surface area contributed by atoms with Crippen molar-refractivity contribution in [1.29, 1.82) is 0 Å². The summed E-state index contributed by atoms with van der Waals surface area (Å²) in [6.45, 7) is -0.0914. The largest absolute Gasteiger partial charge is 0.486 e. The van der Waals surface area contributed by atoms with Crippen LogP contribution >= 0.6 is 11.6 Å². The summed E-state index contributed by atoms with van der Waals surface area (Å²) >= 11 is 6.17. The molecule has 0 radical (unpaired) electrons. The molecule has 10 heteroatoms. The van der Waals surface area contributed by atoms with Crippen LogP contribution in [0.15, 0.2) is 30.3 Å². The predicted octanol–water partition coefficient (Wildman–Crippen LogP) is 4.45. The van der Waals surface area contributed by atoms with E-state index in [0.717, 1.165) is 43.2 Å². The minimum absolute atomic E-state index is 0.0914. The fraction of sp³-hybridized carbons (Fsp3) is 0.409. The number of carbonyl (C=O) groups excluding carboxylic acids is 1. The number of rotatable bonds is 8. The molecule has 1 aliphatic rings. The summed E-state index contributed by atoms with van der Waals surface area (Å²) in [6.07, 6.45) is 1.43. The maximum Gasteiger partial charge on any atom is 0.341 e. The number of hydrogen-bond donors (Lipinski definition) is 0. The summed E-state index contributed by atoms with van der Waals surface area (Å²) in [5, 5.41) is 12.2. The fourth-order valence-electron chi connectivity index (χ4n) is 4.27. The summed E-state index contributed by atoms with van der Waals surface area (Å²) in [4.78, 5) is 22.6. The Hall–Kier alpha value is -2.75. The number of methoxy groups -OCH3 is 3. The Balaban J connectivity index is 2.05. The van der Waals surface area contributed by atoms with Crippen molar-refractivity contribution in [2.45, 2.75) is 31.0 Å². The van der Waals surface area contributed by atoms with Crippen molar-refractivity contribution in [2.24, 2.45) is 0 Å². The van der Waals surface area contributed by atoms with E-state index < -0.39 is 39.7 Å². The van der Waals surface area contributed by atoms with Gasteiger partial charge in [-0.15, -0.1) is 0 Å². The van der Waals surface area contributed by atoms with Crippen LogP contribution in [0.1, 0.15) is 34.3 Å². The molecular formula is C22H23ClFNO7. The number of nitro benzene ring substituents is 1. The number of hydrogen-bond acceptors (Lipinski definition) is 7. The molecule has 0 aromatic heterocycles. The Morgan fingerprint density at radius 1 is 1.25 bits per heavy atom. The molecule has 2 aromatic rings. The molecule has 0 bridgehead atoms. The van der Waals surface area contributed by atoms with E-state index in [4.69, 9.17) is 25.8 Å². The molecule has 1 aliphatic carbocycles. The zero-order chi connectivity index (χ0) is 23.5. The number of nitrogens with zero attached hydrogens (tertiary/aromatic N) is 1. The lowest BCUT2D eigenvalue weighted by Crippen LogP contribution is -2.49. The first-order valence-electron chi connectivity index (χ1n) is 9.81. The van der Waals surface area contributed by atoms with Crippen molar-refractivity contribution >= 4 is 23.3 Å². The molecule has 0 amide bonds. The second kappa shape index (κ2) is 9.81. The van der Waals surface area contributed by atoms with Gasteiger partial charge in [-0.05, 0) is 42.5 Å². The van der Waals surface area contributed by atoms with Gasteiger partial charge in [-0.1, -0.05) is 17.7 Å². The van der Waals surface area contributed by atoms with Gasteiger partial charge in [0.25, 0.3) is 0 Å². The van der Waals surface area contributed by atoms with E-state index in [-0.39, 0.29) is 12.4 Å². The van der Waals surface area contributed by atoms with Crippen LogP contribution in [0.25, 0.3) is 0 Å². The topological polar surface area (TPSA) is 97.1 Å². The molecule has 1 atom stereocenters. The van der Waals surface area contributed by atoms with Crippen molar-refractivity contribution in [3.8, 4) is 5.75 Å². The molecular weight excluding hydrogens is 445 g/mol. The monoisotopic (exact) mass is 467 g/mol. The summed E-state index contributed by atoms with van der Waals surface area (Å²) < 4.78 is 36.0. The summed E-state index contributed by atoms with van der Waals surface area (Å²) in [5.41, 5.74) is -0.0529. The van der Waals surface area contributed by atoms with Crippen LogP contribution in [-0.4, -0.2) is 45.1 Å². The number of ether oxygens (including phenoxy) is 4. The smallest absolute Gasteiger partial charge is 0.341 e. The van der Waals surface area contributed by atoms with Crippen molar-refractivity contribution < 1.29 is 33.1 Å². The average Bonchev–Trinajstić information content (AvgIpc) is 2.77. The van der Waals surface area contributed by atoms with Crippen LogP contribution in [0.5, 0.6) is 5.75 Å². The average molecular weight is 468 g/mol. The zero-order valence-electron chi connectivity index (χ0n) is 17.9. The van der Waals surface area contributed by atoms with E-state index in [0.29, 0.717) is 11.4 Å². The summed E-state index contributed by atoms with van der Waals surface area (Å²) in [6, 6.07) is 7.09. The molecule has 0 N–H and O–H groups in total. The van der Waals surface area contributed by atoms with E-state index in [1.54, 1.807) is 6.07 Å². The maximum atomic E-state index is 14.5. The number of carbonyl (C=O) groups is 1. The molecule has 0 heterocycles. The fourth-order valence-corrected chi connectivity index (χ4v) is 4.46. The standard InChI is InChI=1S/C22H23ClFNO7/c1-29-20(26)15-10-18(25(27)28)19(11-17(15)24)32-12-22(21(30-2)31-3)8-4-5-13-9-14(23)6-7-16(13)22/h6-7,9-11,21H,4-5,8,12H2,1-3H3. The van der Waals surface area contributed by atoms with Gasteiger partial charge in [0.2, 0.25) is 0 Å². The predicted molar refractivity (Wildman–Crippen MR) is 114 cm³/mol. The first kappa shape index (κ1) is 23.9. The van der Waals surface area contributed by atoms with E-state index >= 15 is 0 Å². The molecule has 0 fully saturated rings. The molecule has 0 saturated carbocycles. The zero-order valence-corrected chi connectivity index (χ0v) is 18.6. The Morgan fingerprint density at radius 3 is 2.59 bits per heavy atom. The van der Waals surface area contributed by atoms with Crippen LogP contribution < -0.4 is 4.74 Å². The second-order valence-corrected chi connectivity index (χ2v) is 7.89. The lowest BCUT2D eigenvalue weighted by molar-refractivity contribution is -0.386. The van der Waals surface area contributed by atoms with Crippen molar-refractivity contribution in [2.75, 3.05) is 27.9 Å². The quantitative estimate of drug-likeness (QED) is 0.245. The Morgan fingerprint density at radius 2 is 1.97 bits per heavy atom. The highest BCUT2D eigenvalue weighted by atomic mass is 35.5. The highest BCUT2D eigenvalue weighted by Gasteiger charge is 2.46. The Kier molecular flexibility index (Phi) is 7.33. The van der Waals surface area contributed by atoms with Gasteiger partial charge in [0, 0.05) is 31.4 Å². The number of fused-ring (bicyclic) bond motifs is 1. The minimum atomic E-state index is -1.02. The number of esters is 1. The van der Waals surface area contributed by atoms with Crippen LogP contribution in [0.2, 0.25) is 5.02 Å². The molecule has 3 rings (SSSR count). The van der Waals surface area contributed by atoms with E-state index in [1.807, 2.05) is 12.1 Å². The van der Waals surface area contributed by atoms with Crippen LogP contribution in [0.3, 0.4) is 0 Å². The van der Waals surface area contributed by atoms with Gasteiger partial charge in [-0.3, -0.25) is 10.1 Å². The van der Waals surface area contributed by atoms with Crippen LogP contribution in [0.4, 0.5) is 10.1 Å². The van der Waals surface area contributed by atoms with Crippen LogP contribution in [-0.2, 0) is 26.0 Å². The first-order valence-corrected chi connectivity index (χ1v) is 10.2. The van der Waals surface area contributed by atoms with Crippen LogP contribution in [0, 0.1) is 15.9 Å². The first-order chi connectivity index (χ1) is 15.3. The summed E-state index contributed by atoms with van der Waals surface area (Å²) in [7, 11) is 4.05. The third-order valence-corrected chi connectivity index (χ3v) is 5.92. The SMILES string of the molecule is COC(=O)c1cc([N+](=O)[O-])c(OCC2(C(OC)OC)CCCc3cc(Cl)ccc32)cc1F. The minimum Gasteiger partial charge on any atom is -0.486 e. The van der Waals surface area contributed by atoms with Gasteiger partial charge in [0.1, 0.15) is 18.0 Å². The molecule has 8 nitrogen and oxygen atoms in total. The molecule has 0 aliphatic heterocycles. The molecule has 2 aromatic carbocycles. The molecule has 172 valence electrons. The maximum absolute atomic E-state index is 14.5. The van der Waals surface area contributed by atoms with Crippen molar-refractivity contribution in [3.63, 3.8) is 0 Å². The lowest BCUT2D eigenvalue weighted by Gasteiger charge is -2.42. The third-order valence-electron chi connectivity index (χ3n) is 5.69. The van der Waals surface area contributed by atoms with Gasteiger partial charge in [-0.2, -0.15) is 0 Å². The molecule has 1 unspecified atom stereocenters. The molecule has 0 spiro atoms. The number of aryl methyl sites for hydroxylation is 1. The Labute approximate surface area is 189 Å². The normalized spacial score (nSPS) is 17.7. The highest BCUT2D eigenvalue weighted by molar-refractivity contribution is 6.30. The lowest BCUT2D eigenvalue weighted by atomic mass is 9.69.